The minimum atomic E-state index is -0.424. The molecular formula is C15H10N4O2S. The average Bonchev–Trinajstić information content (AvgIpc) is 2.90. The number of thioether (sulfide) groups is 1. The molecule has 2 aromatic heterocycles. The zero-order valence-electron chi connectivity index (χ0n) is 11.3. The van der Waals surface area contributed by atoms with Crippen molar-refractivity contribution in [1.82, 2.24) is 9.61 Å². The number of non-ortho nitro benzene ring substituents is 1. The summed E-state index contributed by atoms with van der Waals surface area (Å²) in [4.78, 5) is 10.2. The fourth-order valence-electron chi connectivity index (χ4n) is 2.05. The highest BCUT2D eigenvalue weighted by Gasteiger charge is 2.13. The van der Waals surface area contributed by atoms with Gasteiger partial charge in [-0.3, -0.25) is 10.1 Å². The van der Waals surface area contributed by atoms with Crippen LogP contribution in [0.25, 0.3) is 5.52 Å². The van der Waals surface area contributed by atoms with E-state index in [0.29, 0.717) is 16.3 Å². The molecule has 0 amide bonds. The summed E-state index contributed by atoms with van der Waals surface area (Å²) < 4.78 is 1.68. The fourth-order valence-corrected chi connectivity index (χ4v) is 2.98. The maximum Gasteiger partial charge on any atom is 0.269 e. The third-order valence-corrected chi connectivity index (χ3v) is 4.18. The van der Waals surface area contributed by atoms with Crippen molar-refractivity contribution in [1.29, 1.82) is 5.26 Å². The van der Waals surface area contributed by atoms with Crippen LogP contribution in [0.1, 0.15) is 11.1 Å². The Kier molecular flexibility index (Phi) is 3.76. The highest BCUT2D eigenvalue weighted by molar-refractivity contribution is 7.98. The van der Waals surface area contributed by atoms with E-state index in [2.05, 4.69) is 11.2 Å². The summed E-state index contributed by atoms with van der Waals surface area (Å²) in [5, 5.41) is 25.0. The first-order chi connectivity index (χ1) is 10.7. The number of aromatic nitrogens is 2. The third-order valence-electron chi connectivity index (χ3n) is 3.14. The lowest BCUT2D eigenvalue weighted by molar-refractivity contribution is -0.384. The Morgan fingerprint density at radius 2 is 2.05 bits per heavy atom. The number of fused-ring (bicyclic) bond motifs is 1. The van der Waals surface area contributed by atoms with Gasteiger partial charge in [-0.15, -0.1) is 0 Å². The Morgan fingerprint density at radius 1 is 1.27 bits per heavy atom. The molecule has 0 radical (unpaired) electrons. The molecule has 0 saturated carbocycles. The second kappa shape index (κ2) is 5.87. The monoisotopic (exact) mass is 310 g/mol. The zero-order chi connectivity index (χ0) is 15.5. The molecule has 108 valence electrons. The Hall–Kier alpha value is -2.85. The van der Waals surface area contributed by atoms with Gasteiger partial charge in [0, 0.05) is 24.1 Å². The van der Waals surface area contributed by atoms with Crippen LogP contribution in [-0.4, -0.2) is 14.5 Å². The van der Waals surface area contributed by atoms with Gasteiger partial charge in [-0.2, -0.15) is 10.4 Å². The lowest BCUT2D eigenvalue weighted by Crippen LogP contribution is -1.88. The van der Waals surface area contributed by atoms with E-state index in [1.165, 1.54) is 23.9 Å². The van der Waals surface area contributed by atoms with E-state index in [4.69, 9.17) is 0 Å². The first-order valence-corrected chi connectivity index (χ1v) is 7.41. The smallest absolute Gasteiger partial charge is 0.258 e. The number of hydrogen-bond donors (Lipinski definition) is 0. The molecule has 3 aromatic rings. The van der Waals surface area contributed by atoms with Crippen LogP contribution in [0.5, 0.6) is 0 Å². The SMILES string of the molecule is N#Cc1c(SCc2ccc([N+](=O)[O-])cc2)nn2ccccc12. The molecule has 0 bridgehead atoms. The molecule has 7 heteroatoms. The first-order valence-electron chi connectivity index (χ1n) is 6.42. The minimum absolute atomic E-state index is 0.0687. The summed E-state index contributed by atoms with van der Waals surface area (Å²) in [5.41, 5.74) is 2.33. The van der Waals surface area contributed by atoms with Crippen LogP contribution < -0.4 is 0 Å². The van der Waals surface area contributed by atoms with E-state index in [-0.39, 0.29) is 5.69 Å². The number of nitro benzene ring substituents is 1. The quantitative estimate of drug-likeness (QED) is 0.419. The lowest BCUT2D eigenvalue weighted by Gasteiger charge is -1.99. The molecule has 0 N–H and O–H groups in total. The van der Waals surface area contributed by atoms with Crippen LogP contribution in [0, 0.1) is 21.4 Å². The van der Waals surface area contributed by atoms with Gasteiger partial charge in [0.15, 0.2) is 0 Å². The number of nitriles is 1. The van der Waals surface area contributed by atoms with E-state index in [1.54, 1.807) is 22.8 Å². The molecule has 6 nitrogen and oxygen atoms in total. The van der Waals surface area contributed by atoms with Gasteiger partial charge in [-0.05, 0) is 17.7 Å². The van der Waals surface area contributed by atoms with Crippen LogP contribution in [0.4, 0.5) is 5.69 Å². The van der Waals surface area contributed by atoms with Gasteiger partial charge < -0.3 is 0 Å². The Morgan fingerprint density at radius 3 is 2.73 bits per heavy atom. The van der Waals surface area contributed by atoms with Gasteiger partial charge in [0.05, 0.1) is 10.4 Å². The van der Waals surface area contributed by atoms with Crippen LogP contribution in [0.2, 0.25) is 0 Å². The predicted octanol–water partition coefficient (Wildman–Crippen LogP) is 3.41. The summed E-state index contributed by atoms with van der Waals surface area (Å²) in [5.74, 6) is 0.594. The summed E-state index contributed by atoms with van der Waals surface area (Å²) in [6.45, 7) is 0. The molecule has 0 saturated heterocycles. The van der Waals surface area contributed by atoms with Crippen molar-refractivity contribution in [3.05, 3.63) is 69.9 Å². The molecule has 0 atom stereocenters. The predicted molar refractivity (Wildman–Crippen MR) is 82.6 cm³/mol. The summed E-state index contributed by atoms with van der Waals surface area (Å²) in [6, 6.07) is 14.1. The van der Waals surface area contributed by atoms with Gasteiger partial charge in [-0.1, -0.05) is 30.0 Å². The molecule has 0 aliphatic heterocycles. The maximum absolute atomic E-state index is 10.6. The van der Waals surface area contributed by atoms with Crippen molar-refractivity contribution in [3.63, 3.8) is 0 Å². The summed E-state index contributed by atoms with van der Waals surface area (Å²) in [7, 11) is 0. The largest absolute Gasteiger partial charge is 0.269 e. The molecule has 22 heavy (non-hydrogen) atoms. The molecular weight excluding hydrogens is 300 g/mol. The third kappa shape index (κ3) is 2.64. The molecule has 0 fully saturated rings. The van der Waals surface area contributed by atoms with Crippen molar-refractivity contribution in [2.45, 2.75) is 10.8 Å². The van der Waals surface area contributed by atoms with Crippen LogP contribution in [0.15, 0.2) is 53.7 Å². The van der Waals surface area contributed by atoms with Crippen LogP contribution in [-0.2, 0) is 5.75 Å². The molecule has 0 aliphatic carbocycles. The van der Waals surface area contributed by atoms with Crippen LogP contribution in [0.3, 0.4) is 0 Å². The van der Waals surface area contributed by atoms with Gasteiger partial charge in [0.25, 0.3) is 5.69 Å². The van der Waals surface area contributed by atoms with Gasteiger partial charge in [0.2, 0.25) is 0 Å². The minimum Gasteiger partial charge on any atom is -0.258 e. The fraction of sp³-hybridized carbons (Fsp3) is 0.0667. The number of nitrogens with zero attached hydrogens (tertiary/aromatic N) is 4. The van der Waals surface area contributed by atoms with E-state index >= 15 is 0 Å². The second-order valence-corrected chi connectivity index (χ2v) is 5.50. The average molecular weight is 310 g/mol. The first kappa shape index (κ1) is 14.1. The number of benzene rings is 1. The van der Waals surface area contributed by atoms with Crippen LogP contribution >= 0.6 is 11.8 Å². The van der Waals surface area contributed by atoms with Gasteiger partial charge in [-0.25, -0.2) is 4.52 Å². The van der Waals surface area contributed by atoms with E-state index in [0.717, 1.165) is 11.1 Å². The lowest BCUT2D eigenvalue weighted by atomic mass is 10.2. The van der Waals surface area contributed by atoms with Crippen molar-refractivity contribution in [3.8, 4) is 6.07 Å². The zero-order valence-corrected chi connectivity index (χ0v) is 12.2. The van der Waals surface area contributed by atoms with Gasteiger partial charge >= 0.3 is 0 Å². The second-order valence-electron chi connectivity index (χ2n) is 4.53. The van der Waals surface area contributed by atoms with E-state index in [9.17, 15) is 15.4 Å². The highest BCUT2D eigenvalue weighted by atomic mass is 32.2. The highest BCUT2D eigenvalue weighted by Crippen LogP contribution is 2.28. The van der Waals surface area contributed by atoms with E-state index in [1.807, 2.05) is 18.2 Å². The molecule has 1 aromatic carbocycles. The maximum atomic E-state index is 10.6. The topological polar surface area (TPSA) is 84.2 Å². The molecule has 3 rings (SSSR count). The Bertz CT molecular complexity index is 881. The van der Waals surface area contributed by atoms with Crippen molar-refractivity contribution in [2.75, 3.05) is 0 Å². The Labute approximate surface area is 130 Å². The standard InChI is InChI=1S/C15H10N4O2S/c16-9-13-14-3-1-2-8-18(14)17-15(13)22-10-11-4-6-12(7-5-11)19(20)21/h1-8H,10H2. The summed E-state index contributed by atoms with van der Waals surface area (Å²) >= 11 is 1.44. The van der Waals surface area contributed by atoms with Crippen molar-refractivity contribution in [2.24, 2.45) is 0 Å². The molecule has 0 unspecified atom stereocenters. The number of rotatable bonds is 4. The Balaban J connectivity index is 1.82. The molecule has 0 aliphatic rings. The normalized spacial score (nSPS) is 10.5. The number of hydrogen-bond acceptors (Lipinski definition) is 5. The summed E-state index contributed by atoms with van der Waals surface area (Å²) in [6.07, 6.45) is 1.80. The number of nitro groups is 1. The van der Waals surface area contributed by atoms with Crippen molar-refractivity contribution >= 4 is 23.0 Å². The molecule has 0 spiro atoms. The van der Waals surface area contributed by atoms with Gasteiger partial charge in [0.1, 0.15) is 16.7 Å². The molecule has 2 heterocycles. The van der Waals surface area contributed by atoms with Crippen molar-refractivity contribution < 1.29 is 4.92 Å². The number of pyridine rings is 1. The van der Waals surface area contributed by atoms with E-state index < -0.39 is 4.92 Å².